The van der Waals surface area contributed by atoms with Crippen molar-refractivity contribution in [1.82, 2.24) is 5.43 Å². The highest BCUT2D eigenvalue weighted by Gasteiger charge is 2.60. The molecule has 3 heteroatoms. The Morgan fingerprint density at radius 3 is 2.48 bits per heavy atom. The lowest BCUT2D eigenvalue weighted by atomic mass is 9.39. The molecule has 0 spiro atoms. The molecule has 21 heavy (non-hydrogen) atoms. The maximum absolute atomic E-state index is 5.87. The summed E-state index contributed by atoms with van der Waals surface area (Å²) in [4.78, 5) is 0. The van der Waals surface area contributed by atoms with Crippen molar-refractivity contribution in [3.8, 4) is 0 Å². The Hall–Kier alpha value is -0.800. The standard InChI is InChI=1S/C18H28N2O/c1-16-5-13-6-17(2,10-16)12-18(7-13,11-16)8-15(20-19)14-3-4-21-9-14/h3-4,9,13,15,20H,5-8,10-12,19H2,1-2H3. The number of rotatable bonds is 4. The lowest BCUT2D eigenvalue weighted by molar-refractivity contribution is -0.150. The Labute approximate surface area is 127 Å². The molecule has 0 radical (unpaired) electrons. The summed E-state index contributed by atoms with van der Waals surface area (Å²) in [6, 6.07) is 2.28. The van der Waals surface area contributed by atoms with Gasteiger partial charge in [-0.3, -0.25) is 11.3 Å². The Bertz CT molecular complexity index is 505. The minimum Gasteiger partial charge on any atom is -0.472 e. The van der Waals surface area contributed by atoms with E-state index < -0.39 is 0 Å². The van der Waals surface area contributed by atoms with Crippen LogP contribution in [0.2, 0.25) is 0 Å². The number of nitrogens with one attached hydrogen (secondary N) is 1. The highest BCUT2D eigenvalue weighted by molar-refractivity contribution is 5.16. The lowest BCUT2D eigenvalue weighted by Crippen LogP contribution is -2.55. The van der Waals surface area contributed by atoms with E-state index in [0.29, 0.717) is 16.2 Å². The van der Waals surface area contributed by atoms with Gasteiger partial charge in [-0.2, -0.15) is 0 Å². The van der Waals surface area contributed by atoms with Crippen LogP contribution in [-0.4, -0.2) is 0 Å². The Morgan fingerprint density at radius 1 is 1.24 bits per heavy atom. The summed E-state index contributed by atoms with van der Waals surface area (Å²) in [5.41, 5.74) is 5.87. The van der Waals surface area contributed by atoms with E-state index in [4.69, 9.17) is 10.3 Å². The van der Waals surface area contributed by atoms with Crippen molar-refractivity contribution in [2.75, 3.05) is 0 Å². The van der Waals surface area contributed by atoms with Crippen LogP contribution >= 0.6 is 0 Å². The topological polar surface area (TPSA) is 51.2 Å². The van der Waals surface area contributed by atoms with E-state index in [0.717, 1.165) is 12.3 Å². The largest absolute Gasteiger partial charge is 0.472 e. The molecular formula is C18H28N2O. The van der Waals surface area contributed by atoms with E-state index in [2.05, 4.69) is 25.3 Å². The van der Waals surface area contributed by atoms with Gasteiger partial charge in [-0.05, 0) is 73.2 Å². The van der Waals surface area contributed by atoms with E-state index >= 15 is 0 Å². The fraction of sp³-hybridized carbons (Fsp3) is 0.778. The van der Waals surface area contributed by atoms with Gasteiger partial charge < -0.3 is 4.42 Å². The summed E-state index contributed by atoms with van der Waals surface area (Å²) in [5.74, 6) is 6.81. The maximum atomic E-state index is 5.87. The molecule has 4 aliphatic carbocycles. The molecule has 3 nitrogen and oxygen atoms in total. The van der Waals surface area contributed by atoms with Crippen molar-refractivity contribution < 1.29 is 4.42 Å². The number of hydrogen-bond donors (Lipinski definition) is 2. The molecule has 116 valence electrons. The lowest BCUT2D eigenvalue weighted by Gasteiger charge is -2.66. The van der Waals surface area contributed by atoms with Crippen LogP contribution in [0.4, 0.5) is 0 Å². The van der Waals surface area contributed by atoms with E-state index in [-0.39, 0.29) is 6.04 Å². The highest BCUT2D eigenvalue weighted by Crippen LogP contribution is 2.71. The number of hydrogen-bond acceptors (Lipinski definition) is 3. The number of furan rings is 1. The normalized spacial score (nSPS) is 46.0. The molecular weight excluding hydrogens is 260 g/mol. The number of nitrogens with two attached hydrogens (primary N) is 1. The molecule has 4 saturated carbocycles. The first-order valence-electron chi connectivity index (χ1n) is 8.42. The van der Waals surface area contributed by atoms with Crippen molar-refractivity contribution in [1.29, 1.82) is 0 Å². The molecule has 1 aromatic rings. The summed E-state index contributed by atoms with van der Waals surface area (Å²) >= 11 is 0. The van der Waals surface area contributed by atoms with Gasteiger partial charge in [-0.15, -0.1) is 0 Å². The summed E-state index contributed by atoms with van der Waals surface area (Å²) in [7, 11) is 0. The van der Waals surface area contributed by atoms with Crippen molar-refractivity contribution in [2.24, 2.45) is 28.0 Å². The second-order valence-electron chi connectivity index (χ2n) is 9.11. The zero-order valence-electron chi connectivity index (χ0n) is 13.3. The fourth-order valence-corrected chi connectivity index (χ4v) is 7.09. The molecule has 1 heterocycles. The van der Waals surface area contributed by atoms with Gasteiger partial charge in [0, 0.05) is 11.6 Å². The quantitative estimate of drug-likeness (QED) is 0.646. The average Bonchev–Trinajstić information content (AvgIpc) is 2.85. The molecule has 0 amide bonds. The fourth-order valence-electron chi connectivity index (χ4n) is 7.09. The van der Waals surface area contributed by atoms with Crippen molar-refractivity contribution in [3.63, 3.8) is 0 Å². The van der Waals surface area contributed by atoms with Gasteiger partial charge in [0.1, 0.15) is 0 Å². The predicted octanol–water partition coefficient (Wildman–Crippen LogP) is 4.17. The van der Waals surface area contributed by atoms with Crippen LogP contribution in [0.5, 0.6) is 0 Å². The van der Waals surface area contributed by atoms with Crippen LogP contribution in [0.15, 0.2) is 23.0 Å². The Kier molecular flexibility index (Phi) is 2.87. The molecule has 3 N–H and O–H groups in total. The molecule has 4 bridgehead atoms. The van der Waals surface area contributed by atoms with E-state index in [1.165, 1.54) is 44.1 Å². The van der Waals surface area contributed by atoms with Crippen LogP contribution in [0.25, 0.3) is 0 Å². The highest BCUT2D eigenvalue weighted by atomic mass is 16.3. The second-order valence-corrected chi connectivity index (χ2v) is 9.11. The van der Waals surface area contributed by atoms with Gasteiger partial charge in [0.2, 0.25) is 0 Å². The SMILES string of the molecule is CC12CC3CC(C)(C1)CC(CC(NN)c1ccoc1)(C3)C2. The third kappa shape index (κ3) is 2.25. The molecule has 1 aromatic heterocycles. The minimum atomic E-state index is 0.229. The zero-order valence-corrected chi connectivity index (χ0v) is 13.3. The molecule has 3 atom stereocenters. The third-order valence-electron chi connectivity index (χ3n) is 6.53. The number of hydrazine groups is 1. The first-order valence-corrected chi connectivity index (χ1v) is 8.42. The monoisotopic (exact) mass is 288 g/mol. The average molecular weight is 288 g/mol. The van der Waals surface area contributed by atoms with Crippen LogP contribution in [0.3, 0.4) is 0 Å². The predicted molar refractivity (Wildman–Crippen MR) is 83.2 cm³/mol. The minimum absolute atomic E-state index is 0.229. The Balaban J connectivity index is 1.62. The maximum Gasteiger partial charge on any atom is 0.0950 e. The third-order valence-corrected chi connectivity index (χ3v) is 6.53. The van der Waals surface area contributed by atoms with Crippen molar-refractivity contribution in [2.45, 2.75) is 64.8 Å². The molecule has 0 aliphatic heterocycles. The van der Waals surface area contributed by atoms with Crippen LogP contribution in [0, 0.1) is 22.2 Å². The van der Waals surface area contributed by atoms with E-state index in [1.54, 1.807) is 6.26 Å². The summed E-state index contributed by atoms with van der Waals surface area (Å²) < 4.78 is 5.26. The summed E-state index contributed by atoms with van der Waals surface area (Å²) in [5, 5.41) is 0. The first kappa shape index (κ1) is 13.8. The molecule has 0 saturated heterocycles. The Morgan fingerprint density at radius 2 is 1.95 bits per heavy atom. The second kappa shape index (κ2) is 4.36. The van der Waals surface area contributed by atoms with Crippen LogP contribution < -0.4 is 11.3 Å². The van der Waals surface area contributed by atoms with Gasteiger partial charge in [0.25, 0.3) is 0 Å². The summed E-state index contributed by atoms with van der Waals surface area (Å²) in [6.45, 7) is 5.07. The van der Waals surface area contributed by atoms with Crippen LogP contribution in [0.1, 0.15) is 70.4 Å². The van der Waals surface area contributed by atoms with Crippen molar-refractivity contribution >= 4 is 0 Å². The smallest absolute Gasteiger partial charge is 0.0950 e. The van der Waals surface area contributed by atoms with E-state index in [9.17, 15) is 0 Å². The van der Waals surface area contributed by atoms with Gasteiger partial charge in [-0.25, -0.2) is 0 Å². The molecule has 5 rings (SSSR count). The van der Waals surface area contributed by atoms with Crippen molar-refractivity contribution in [3.05, 3.63) is 24.2 Å². The van der Waals surface area contributed by atoms with Gasteiger partial charge in [0.05, 0.1) is 12.5 Å². The molecule has 3 unspecified atom stereocenters. The van der Waals surface area contributed by atoms with Gasteiger partial charge >= 0.3 is 0 Å². The van der Waals surface area contributed by atoms with Gasteiger partial charge in [-0.1, -0.05) is 13.8 Å². The van der Waals surface area contributed by atoms with E-state index in [1.807, 2.05) is 6.26 Å². The first-order chi connectivity index (χ1) is 9.93. The molecule has 0 aromatic carbocycles. The van der Waals surface area contributed by atoms with Crippen LogP contribution in [-0.2, 0) is 0 Å². The van der Waals surface area contributed by atoms with Gasteiger partial charge in [0.15, 0.2) is 0 Å². The molecule has 4 fully saturated rings. The summed E-state index contributed by atoms with van der Waals surface area (Å²) in [6.07, 6.45) is 13.3. The molecule has 4 aliphatic rings. The zero-order chi connectivity index (χ0) is 14.7.